The van der Waals surface area contributed by atoms with Crippen LogP contribution in [0.15, 0.2) is 42.6 Å². The second-order valence-electron chi connectivity index (χ2n) is 5.99. The first-order valence-electron chi connectivity index (χ1n) is 8.04. The van der Waals surface area contributed by atoms with E-state index in [1.54, 1.807) is 0 Å². The minimum atomic E-state index is -0.222. The van der Waals surface area contributed by atoms with Gasteiger partial charge in [0.2, 0.25) is 5.91 Å². The molecule has 0 saturated carbocycles. The SMILES string of the molecule is C[C@H](NC(=O)Cc1ccc2c(c1)OCC2)c1nnc2ccccn12. The summed E-state index contributed by atoms with van der Waals surface area (Å²) in [5.41, 5.74) is 2.93. The summed E-state index contributed by atoms with van der Waals surface area (Å²) in [6, 6.07) is 11.5. The molecule has 2 aromatic heterocycles. The number of pyridine rings is 1. The topological polar surface area (TPSA) is 68.5 Å². The zero-order valence-corrected chi connectivity index (χ0v) is 13.4. The second kappa shape index (κ2) is 5.96. The summed E-state index contributed by atoms with van der Waals surface area (Å²) in [6.45, 7) is 2.63. The molecule has 0 spiro atoms. The van der Waals surface area contributed by atoms with Crippen molar-refractivity contribution in [2.45, 2.75) is 25.8 Å². The maximum Gasteiger partial charge on any atom is 0.225 e. The predicted molar refractivity (Wildman–Crippen MR) is 88.9 cm³/mol. The number of hydrogen-bond donors (Lipinski definition) is 1. The van der Waals surface area contributed by atoms with Crippen LogP contribution in [0.3, 0.4) is 0 Å². The van der Waals surface area contributed by atoms with Crippen molar-refractivity contribution >= 4 is 11.6 Å². The van der Waals surface area contributed by atoms with Crippen LogP contribution in [-0.4, -0.2) is 27.1 Å². The van der Waals surface area contributed by atoms with Crippen LogP contribution in [0.2, 0.25) is 0 Å². The van der Waals surface area contributed by atoms with Gasteiger partial charge in [0.1, 0.15) is 5.75 Å². The average Bonchev–Trinajstić information content (AvgIpc) is 3.20. The van der Waals surface area contributed by atoms with Gasteiger partial charge in [0.25, 0.3) is 0 Å². The number of nitrogens with one attached hydrogen (secondary N) is 1. The van der Waals surface area contributed by atoms with E-state index < -0.39 is 0 Å². The second-order valence-corrected chi connectivity index (χ2v) is 5.99. The van der Waals surface area contributed by atoms with E-state index in [1.165, 1.54) is 5.56 Å². The Morgan fingerprint density at radius 2 is 2.25 bits per heavy atom. The van der Waals surface area contributed by atoms with Gasteiger partial charge in [0.15, 0.2) is 11.5 Å². The number of rotatable bonds is 4. The van der Waals surface area contributed by atoms with Gasteiger partial charge in [-0.3, -0.25) is 9.20 Å². The van der Waals surface area contributed by atoms with Gasteiger partial charge in [0, 0.05) is 12.6 Å². The van der Waals surface area contributed by atoms with Crippen molar-refractivity contribution in [1.29, 1.82) is 0 Å². The molecule has 1 aromatic carbocycles. The number of aromatic nitrogens is 3. The van der Waals surface area contributed by atoms with Gasteiger partial charge >= 0.3 is 0 Å². The summed E-state index contributed by atoms with van der Waals surface area (Å²) < 4.78 is 7.44. The van der Waals surface area contributed by atoms with Gasteiger partial charge in [-0.1, -0.05) is 18.2 Å². The minimum Gasteiger partial charge on any atom is -0.493 e. The van der Waals surface area contributed by atoms with Crippen molar-refractivity contribution in [3.8, 4) is 5.75 Å². The van der Waals surface area contributed by atoms with Gasteiger partial charge < -0.3 is 10.1 Å². The van der Waals surface area contributed by atoms with E-state index in [0.29, 0.717) is 6.42 Å². The lowest BCUT2D eigenvalue weighted by molar-refractivity contribution is -0.121. The quantitative estimate of drug-likeness (QED) is 0.798. The monoisotopic (exact) mass is 322 g/mol. The summed E-state index contributed by atoms with van der Waals surface area (Å²) in [6.07, 6.45) is 3.15. The van der Waals surface area contributed by atoms with E-state index in [1.807, 2.05) is 53.9 Å². The van der Waals surface area contributed by atoms with Crippen LogP contribution in [0, 0.1) is 0 Å². The Balaban J connectivity index is 1.46. The fourth-order valence-corrected chi connectivity index (χ4v) is 3.02. The number of hydrogen-bond acceptors (Lipinski definition) is 4. The number of ether oxygens (including phenoxy) is 1. The van der Waals surface area contributed by atoms with E-state index >= 15 is 0 Å². The number of fused-ring (bicyclic) bond motifs is 2. The largest absolute Gasteiger partial charge is 0.493 e. The van der Waals surface area contributed by atoms with Gasteiger partial charge in [-0.15, -0.1) is 10.2 Å². The van der Waals surface area contributed by atoms with E-state index in [2.05, 4.69) is 15.5 Å². The lowest BCUT2D eigenvalue weighted by Gasteiger charge is -2.12. The van der Waals surface area contributed by atoms with Crippen LogP contribution in [-0.2, 0) is 17.6 Å². The van der Waals surface area contributed by atoms with Crippen LogP contribution in [0.4, 0.5) is 0 Å². The van der Waals surface area contributed by atoms with Crippen LogP contribution in [0.25, 0.3) is 5.65 Å². The molecule has 0 radical (unpaired) electrons. The molecule has 1 aliphatic heterocycles. The Morgan fingerprint density at radius 1 is 1.33 bits per heavy atom. The standard InChI is InChI=1S/C18H18N4O2/c1-12(18-21-20-16-4-2-3-8-22(16)18)19-17(23)11-13-5-6-14-7-9-24-15(14)10-13/h2-6,8,10,12H,7,9,11H2,1H3,(H,19,23)/t12-/m0/s1. The first-order chi connectivity index (χ1) is 11.7. The van der Waals surface area contributed by atoms with Crippen molar-refractivity contribution in [3.05, 3.63) is 59.5 Å². The Bertz CT molecular complexity index is 903. The van der Waals surface area contributed by atoms with Crippen molar-refractivity contribution in [2.24, 2.45) is 0 Å². The van der Waals surface area contributed by atoms with E-state index in [9.17, 15) is 4.79 Å². The number of benzene rings is 1. The summed E-state index contributed by atoms with van der Waals surface area (Å²) in [7, 11) is 0. The van der Waals surface area contributed by atoms with Crippen LogP contribution >= 0.6 is 0 Å². The molecule has 0 unspecified atom stereocenters. The van der Waals surface area contributed by atoms with E-state index in [4.69, 9.17) is 4.74 Å². The first kappa shape index (κ1) is 14.7. The summed E-state index contributed by atoms with van der Waals surface area (Å²) in [4.78, 5) is 12.3. The highest BCUT2D eigenvalue weighted by atomic mass is 16.5. The summed E-state index contributed by atoms with van der Waals surface area (Å²) in [5.74, 6) is 1.57. The van der Waals surface area contributed by atoms with E-state index in [0.717, 1.165) is 35.8 Å². The molecule has 0 fully saturated rings. The molecule has 6 heteroatoms. The molecular formula is C18H18N4O2. The molecule has 1 amide bonds. The maximum atomic E-state index is 12.3. The van der Waals surface area contributed by atoms with Crippen molar-refractivity contribution in [2.75, 3.05) is 6.61 Å². The molecular weight excluding hydrogens is 304 g/mol. The maximum absolute atomic E-state index is 12.3. The fourth-order valence-electron chi connectivity index (χ4n) is 3.02. The Labute approximate surface area is 139 Å². The van der Waals surface area contributed by atoms with Crippen LogP contribution in [0.5, 0.6) is 5.75 Å². The molecule has 0 saturated heterocycles. The first-order valence-corrected chi connectivity index (χ1v) is 8.04. The molecule has 4 rings (SSSR count). The molecule has 0 aliphatic carbocycles. The van der Waals surface area contributed by atoms with Gasteiger partial charge in [-0.2, -0.15) is 0 Å². The normalized spacial score (nSPS) is 14.2. The summed E-state index contributed by atoms with van der Waals surface area (Å²) in [5, 5.41) is 11.3. The molecule has 0 bridgehead atoms. The zero-order chi connectivity index (χ0) is 16.5. The van der Waals surface area contributed by atoms with E-state index in [-0.39, 0.29) is 11.9 Å². The summed E-state index contributed by atoms with van der Waals surface area (Å²) >= 11 is 0. The third-order valence-electron chi connectivity index (χ3n) is 4.23. The molecule has 24 heavy (non-hydrogen) atoms. The third kappa shape index (κ3) is 2.71. The van der Waals surface area contributed by atoms with Crippen molar-refractivity contribution < 1.29 is 9.53 Å². The predicted octanol–water partition coefficient (Wildman–Crippen LogP) is 2.08. The number of nitrogens with zero attached hydrogens (tertiary/aromatic N) is 3. The number of carbonyl (C=O) groups excluding carboxylic acids is 1. The smallest absolute Gasteiger partial charge is 0.225 e. The Hall–Kier alpha value is -2.89. The van der Waals surface area contributed by atoms with Gasteiger partial charge in [-0.05, 0) is 36.2 Å². The molecule has 3 heterocycles. The lowest BCUT2D eigenvalue weighted by Crippen LogP contribution is -2.29. The molecule has 3 aromatic rings. The fraction of sp³-hybridized carbons (Fsp3) is 0.278. The van der Waals surface area contributed by atoms with Crippen LogP contribution in [0.1, 0.15) is 29.9 Å². The number of amides is 1. The number of carbonyl (C=O) groups is 1. The zero-order valence-electron chi connectivity index (χ0n) is 13.4. The molecule has 6 nitrogen and oxygen atoms in total. The highest BCUT2D eigenvalue weighted by Gasteiger charge is 2.17. The lowest BCUT2D eigenvalue weighted by atomic mass is 10.1. The van der Waals surface area contributed by atoms with Crippen molar-refractivity contribution in [1.82, 2.24) is 19.9 Å². The Morgan fingerprint density at radius 3 is 3.17 bits per heavy atom. The van der Waals surface area contributed by atoms with Gasteiger partial charge in [-0.25, -0.2) is 0 Å². The highest BCUT2D eigenvalue weighted by Crippen LogP contribution is 2.26. The minimum absolute atomic E-state index is 0.0480. The van der Waals surface area contributed by atoms with Crippen molar-refractivity contribution in [3.63, 3.8) is 0 Å². The molecule has 122 valence electrons. The molecule has 1 aliphatic rings. The molecule has 1 atom stereocenters. The van der Waals surface area contributed by atoms with Crippen LogP contribution < -0.4 is 10.1 Å². The van der Waals surface area contributed by atoms with Gasteiger partial charge in [0.05, 0.1) is 19.1 Å². The highest BCUT2D eigenvalue weighted by molar-refractivity contribution is 5.79. The average molecular weight is 322 g/mol. The molecule has 1 N–H and O–H groups in total. The third-order valence-corrected chi connectivity index (χ3v) is 4.23. The Kier molecular flexibility index (Phi) is 3.65.